The number of halogens is 1. The number of aryl methyl sites for hydroxylation is 1. The molecule has 4 aromatic rings. The normalized spacial score (nSPS) is 14.6. The molecule has 2 aromatic carbocycles. The van der Waals surface area contributed by atoms with Crippen LogP contribution in [0, 0.1) is 5.82 Å². The van der Waals surface area contributed by atoms with Crippen molar-refractivity contribution in [3.05, 3.63) is 78.4 Å². The number of hydrogen-bond donors (Lipinski definition) is 0. The highest BCUT2D eigenvalue weighted by molar-refractivity contribution is 5.93. The Morgan fingerprint density at radius 1 is 1.06 bits per heavy atom. The van der Waals surface area contributed by atoms with Crippen molar-refractivity contribution in [2.24, 2.45) is 7.05 Å². The minimum Gasteiger partial charge on any atom is -0.488 e. The molecule has 32 heavy (non-hydrogen) atoms. The van der Waals surface area contributed by atoms with Crippen LogP contribution in [0.15, 0.2) is 66.9 Å². The van der Waals surface area contributed by atoms with E-state index >= 15 is 0 Å². The van der Waals surface area contributed by atoms with Crippen LogP contribution in [0.1, 0.15) is 23.3 Å². The summed E-state index contributed by atoms with van der Waals surface area (Å²) < 4.78 is 21.0. The molecule has 1 aliphatic rings. The van der Waals surface area contributed by atoms with E-state index in [1.54, 1.807) is 36.1 Å². The summed E-state index contributed by atoms with van der Waals surface area (Å²) in [5.41, 5.74) is 2.80. The molecular weight excluding hydrogens is 407 g/mol. The van der Waals surface area contributed by atoms with Crippen LogP contribution in [-0.4, -0.2) is 44.8 Å². The van der Waals surface area contributed by atoms with Crippen LogP contribution < -0.4 is 4.74 Å². The third-order valence-corrected chi connectivity index (χ3v) is 5.86. The Kier molecular flexibility index (Phi) is 5.31. The van der Waals surface area contributed by atoms with E-state index in [1.807, 2.05) is 35.2 Å². The largest absolute Gasteiger partial charge is 0.488 e. The van der Waals surface area contributed by atoms with Crippen LogP contribution in [0.5, 0.6) is 5.75 Å². The molecule has 0 unspecified atom stereocenters. The Hall–Kier alpha value is -3.74. The van der Waals surface area contributed by atoms with E-state index in [2.05, 4.69) is 10.1 Å². The SMILES string of the molecule is Cn1nc(-c2ccc(F)cc2)cc1C(=O)N1CCC(Oc2cccc3cccnc23)CC1. The van der Waals surface area contributed by atoms with Gasteiger partial charge in [0.1, 0.15) is 28.9 Å². The molecule has 0 atom stereocenters. The van der Waals surface area contributed by atoms with Gasteiger partial charge in [-0.3, -0.25) is 14.5 Å². The van der Waals surface area contributed by atoms with Gasteiger partial charge in [0.05, 0.1) is 5.69 Å². The first-order valence-corrected chi connectivity index (χ1v) is 10.7. The van der Waals surface area contributed by atoms with E-state index < -0.39 is 0 Å². The molecule has 0 N–H and O–H groups in total. The number of carbonyl (C=O) groups excluding carboxylic acids is 1. The minimum atomic E-state index is -0.301. The number of nitrogens with zero attached hydrogens (tertiary/aromatic N) is 4. The lowest BCUT2D eigenvalue weighted by molar-refractivity contribution is 0.0587. The lowest BCUT2D eigenvalue weighted by Crippen LogP contribution is -2.42. The summed E-state index contributed by atoms with van der Waals surface area (Å²) >= 11 is 0. The van der Waals surface area contributed by atoms with Crippen LogP contribution in [0.3, 0.4) is 0 Å². The molecule has 0 radical (unpaired) electrons. The number of hydrogen-bond acceptors (Lipinski definition) is 4. The second-order valence-electron chi connectivity index (χ2n) is 7.99. The fourth-order valence-electron chi connectivity index (χ4n) is 4.12. The van der Waals surface area contributed by atoms with Gasteiger partial charge in [-0.15, -0.1) is 0 Å². The molecule has 1 fully saturated rings. The molecule has 1 amide bonds. The van der Waals surface area contributed by atoms with E-state index in [4.69, 9.17) is 4.74 Å². The molecule has 2 aromatic heterocycles. The van der Waals surface area contributed by atoms with Crippen molar-refractivity contribution in [1.82, 2.24) is 19.7 Å². The second kappa shape index (κ2) is 8.42. The number of likely N-dealkylation sites (tertiary alicyclic amines) is 1. The Bertz CT molecular complexity index is 1260. The lowest BCUT2D eigenvalue weighted by atomic mass is 10.1. The number of pyridine rings is 1. The average Bonchev–Trinajstić information content (AvgIpc) is 3.21. The summed E-state index contributed by atoms with van der Waals surface area (Å²) in [6.07, 6.45) is 3.30. The first kappa shape index (κ1) is 20.2. The monoisotopic (exact) mass is 430 g/mol. The number of amides is 1. The van der Waals surface area contributed by atoms with Crippen molar-refractivity contribution in [3.63, 3.8) is 0 Å². The van der Waals surface area contributed by atoms with Gasteiger partial charge in [0.15, 0.2) is 0 Å². The Morgan fingerprint density at radius 3 is 2.59 bits per heavy atom. The zero-order chi connectivity index (χ0) is 22.1. The molecule has 3 heterocycles. The Morgan fingerprint density at radius 2 is 1.81 bits per heavy atom. The molecule has 0 bridgehead atoms. The van der Waals surface area contributed by atoms with Gasteiger partial charge in [0.2, 0.25) is 0 Å². The highest BCUT2D eigenvalue weighted by Gasteiger charge is 2.27. The number of ether oxygens (including phenoxy) is 1. The molecule has 1 aliphatic heterocycles. The molecular formula is C25H23FN4O2. The number of aromatic nitrogens is 3. The maximum absolute atomic E-state index is 13.2. The predicted molar refractivity (Wildman–Crippen MR) is 120 cm³/mol. The number of fused-ring (bicyclic) bond motifs is 1. The summed E-state index contributed by atoms with van der Waals surface area (Å²) in [7, 11) is 1.75. The van der Waals surface area contributed by atoms with Gasteiger partial charge in [-0.1, -0.05) is 18.2 Å². The van der Waals surface area contributed by atoms with Gasteiger partial charge < -0.3 is 9.64 Å². The van der Waals surface area contributed by atoms with Crippen molar-refractivity contribution in [2.75, 3.05) is 13.1 Å². The average molecular weight is 430 g/mol. The predicted octanol–water partition coefficient (Wildman–Crippen LogP) is 4.46. The molecule has 0 spiro atoms. The van der Waals surface area contributed by atoms with E-state index in [0.29, 0.717) is 24.5 Å². The molecule has 5 rings (SSSR count). The van der Waals surface area contributed by atoms with E-state index in [9.17, 15) is 9.18 Å². The minimum absolute atomic E-state index is 0.0352. The second-order valence-corrected chi connectivity index (χ2v) is 7.99. The highest BCUT2D eigenvalue weighted by Crippen LogP contribution is 2.27. The zero-order valence-corrected chi connectivity index (χ0v) is 17.7. The smallest absolute Gasteiger partial charge is 0.272 e. The summed E-state index contributed by atoms with van der Waals surface area (Å²) in [6.45, 7) is 1.22. The van der Waals surface area contributed by atoms with Crippen molar-refractivity contribution in [1.29, 1.82) is 0 Å². The van der Waals surface area contributed by atoms with Crippen LogP contribution in [-0.2, 0) is 7.05 Å². The maximum Gasteiger partial charge on any atom is 0.272 e. The zero-order valence-electron chi connectivity index (χ0n) is 17.7. The summed E-state index contributed by atoms with van der Waals surface area (Å²) in [6, 6.07) is 17.7. The maximum atomic E-state index is 13.2. The summed E-state index contributed by atoms with van der Waals surface area (Å²) in [5.74, 6) is 0.424. The quantitative estimate of drug-likeness (QED) is 0.480. The Labute approximate surface area is 185 Å². The molecule has 7 heteroatoms. The number of piperidine rings is 1. The summed E-state index contributed by atoms with van der Waals surface area (Å²) in [5, 5.41) is 5.49. The van der Waals surface area contributed by atoms with Crippen LogP contribution in [0.4, 0.5) is 4.39 Å². The first-order chi connectivity index (χ1) is 15.6. The van der Waals surface area contributed by atoms with Gasteiger partial charge in [0.25, 0.3) is 5.91 Å². The van der Waals surface area contributed by atoms with Gasteiger partial charge in [0, 0.05) is 50.1 Å². The summed E-state index contributed by atoms with van der Waals surface area (Å²) in [4.78, 5) is 19.4. The molecule has 6 nitrogen and oxygen atoms in total. The van der Waals surface area contributed by atoms with Crippen LogP contribution in [0.25, 0.3) is 22.2 Å². The lowest BCUT2D eigenvalue weighted by Gasteiger charge is -2.32. The third kappa shape index (κ3) is 3.93. The standard InChI is InChI=1S/C25H23FN4O2/c1-29-22(16-21(28-29)17-7-9-19(26)10-8-17)25(31)30-14-11-20(12-15-30)32-23-6-2-4-18-5-3-13-27-24(18)23/h2-10,13,16,20H,11-12,14-15H2,1H3. The third-order valence-electron chi connectivity index (χ3n) is 5.86. The van der Waals surface area contributed by atoms with E-state index in [-0.39, 0.29) is 17.8 Å². The molecule has 1 saturated heterocycles. The van der Waals surface area contributed by atoms with Crippen molar-refractivity contribution < 1.29 is 13.9 Å². The van der Waals surface area contributed by atoms with E-state index in [1.165, 1.54) is 12.1 Å². The fraction of sp³-hybridized carbons (Fsp3) is 0.240. The Balaban J connectivity index is 1.25. The highest BCUT2D eigenvalue weighted by atomic mass is 19.1. The number of carbonyl (C=O) groups is 1. The van der Waals surface area contributed by atoms with Gasteiger partial charge in [-0.05, 0) is 42.5 Å². The number of benzene rings is 2. The molecule has 0 aliphatic carbocycles. The first-order valence-electron chi connectivity index (χ1n) is 10.7. The fourth-order valence-corrected chi connectivity index (χ4v) is 4.12. The van der Waals surface area contributed by atoms with Crippen molar-refractivity contribution in [2.45, 2.75) is 18.9 Å². The van der Waals surface area contributed by atoms with Crippen molar-refractivity contribution in [3.8, 4) is 17.0 Å². The number of para-hydroxylation sites is 1. The van der Waals surface area contributed by atoms with Crippen LogP contribution in [0.2, 0.25) is 0 Å². The molecule has 162 valence electrons. The topological polar surface area (TPSA) is 60.2 Å². The molecule has 0 saturated carbocycles. The number of rotatable bonds is 4. The van der Waals surface area contributed by atoms with Gasteiger partial charge >= 0.3 is 0 Å². The van der Waals surface area contributed by atoms with Gasteiger partial charge in [-0.25, -0.2) is 4.39 Å². The van der Waals surface area contributed by atoms with E-state index in [0.717, 1.165) is 35.1 Å². The van der Waals surface area contributed by atoms with Crippen LogP contribution >= 0.6 is 0 Å². The van der Waals surface area contributed by atoms with Gasteiger partial charge in [-0.2, -0.15) is 5.10 Å². The van der Waals surface area contributed by atoms with Crippen molar-refractivity contribution >= 4 is 16.8 Å².